The topological polar surface area (TPSA) is 98.2 Å². The Balaban J connectivity index is 1.67. The first kappa shape index (κ1) is 15.6. The van der Waals surface area contributed by atoms with Gasteiger partial charge in [-0.2, -0.15) is 5.10 Å². The first-order valence-corrected chi connectivity index (χ1v) is 7.77. The molecule has 3 aromatic heterocycles. The first-order chi connectivity index (χ1) is 12.0. The van der Waals surface area contributed by atoms with E-state index in [0.717, 1.165) is 17.4 Å². The molecule has 3 aromatic rings. The molecule has 3 heterocycles. The number of amides is 1. The number of aromatic nitrogens is 5. The number of halogens is 2. The standard InChI is InChI=1S/C15H14F2N6O2/c1-7-11(22-25-21-7)6-18-15(24)9-5-19-23-12(13(16)17)4-10(8-2-3-8)20-14(9)23/h4-5,8,13H,2-3,6H2,1H3,(H,18,24). The number of fused-ring (bicyclic) bond motifs is 1. The maximum Gasteiger partial charge on any atom is 0.280 e. The molecule has 1 amide bonds. The third-order valence-electron chi connectivity index (χ3n) is 4.15. The molecule has 0 aliphatic heterocycles. The molecule has 4 rings (SSSR count). The molecular weight excluding hydrogens is 334 g/mol. The molecule has 1 aliphatic rings. The summed E-state index contributed by atoms with van der Waals surface area (Å²) in [4.78, 5) is 16.8. The van der Waals surface area contributed by atoms with E-state index in [0.29, 0.717) is 17.1 Å². The van der Waals surface area contributed by atoms with Crippen molar-refractivity contribution in [3.8, 4) is 0 Å². The lowest BCUT2D eigenvalue weighted by Crippen LogP contribution is -2.23. The average Bonchev–Trinajstić information content (AvgIpc) is 3.23. The molecule has 0 spiro atoms. The molecule has 10 heteroatoms. The second-order valence-corrected chi connectivity index (χ2v) is 5.95. The van der Waals surface area contributed by atoms with E-state index in [1.165, 1.54) is 12.3 Å². The van der Waals surface area contributed by atoms with Crippen LogP contribution in [0.25, 0.3) is 5.65 Å². The quantitative estimate of drug-likeness (QED) is 0.759. The van der Waals surface area contributed by atoms with E-state index in [1.54, 1.807) is 6.92 Å². The molecule has 0 bridgehead atoms. The maximum atomic E-state index is 13.3. The van der Waals surface area contributed by atoms with Crippen molar-refractivity contribution in [3.05, 3.63) is 40.6 Å². The van der Waals surface area contributed by atoms with Crippen LogP contribution in [-0.4, -0.2) is 30.8 Å². The molecule has 8 nitrogen and oxygen atoms in total. The van der Waals surface area contributed by atoms with E-state index in [-0.39, 0.29) is 29.4 Å². The van der Waals surface area contributed by atoms with Gasteiger partial charge in [0.2, 0.25) is 0 Å². The van der Waals surface area contributed by atoms with Crippen molar-refractivity contribution in [2.24, 2.45) is 0 Å². The van der Waals surface area contributed by atoms with Crippen LogP contribution in [0.5, 0.6) is 0 Å². The van der Waals surface area contributed by atoms with Gasteiger partial charge >= 0.3 is 0 Å². The smallest absolute Gasteiger partial charge is 0.280 e. The number of alkyl halides is 2. The van der Waals surface area contributed by atoms with Gasteiger partial charge in [0.05, 0.1) is 12.7 Å². The molecular formula is C15H14F2N6O2. The van der Waals surface area contributed by atoms with Crippen LogP contribution in [0.15, 0.2) is 16.9 Å². The van der Waals surface area contributed by atoms with Gasteiger partial charge in [-0.1, -0.05) is 10.3 Å². The number of aryl methyl sites for hydroxylation is 1. The number of nitrogens with one attached hydrogen (secondary N) is 1. The Bertz CT molecular complexity index is 947. The molecule has 0 radical (unpaired) electrons. The highest BCUT2D eigenvalue weighted by molar-refractivity contribution is 5.99. The zero-order valence-corrected chi connectivity index (χ0v) is 13.2. The average molecular weight is 348 g/mol. The number of carbonyl (C=O) groups excluding carboxylic acids is 1. The second kappa shape index (κ2) is 5.87. The highest BCUT2D eigenvalue weighted by Crippen LogP contribution is 2.40. The van der Waals surface area contributed by atoms with Gasteiger partial charge in [0.15, 0.2) is 5.65 Å². The van der Waals surface area contributed by atoms with Crippen molar-refractivity contribution in [2.45, 2.75) is 38.7 Å². The molecule has 1 aliphatic carbocycles. The monoisotopic (exact) mass is 348 g/mol. The van der Waals surface area contributed by atoms with E-state index < -0.39 is 12.3 Å². The minimum atomic E-state index is -2.71. The third-order valence-corrected chi connectivity index (χ3v) is 4.15. The van der Waals surface area contributed by atoms with Gasteiger partial charge in [-0.15, -0.1) is 0 Å². The van der Waals surface area contributed by atoms with Crippen LogP contribution in [0.2, 0.25) is 0 Å². The summed E-state index contributed by atoms with van der Waals surface area (Å²) in [6, 6.07) is 1.37. The normalized spacial score (nSPS) is 14.4. The van der Waals surface area contributed by atoms with E-state index >= 15 is 0 Å². The lowest BCUT2D eigenvalue weighted by molar-refractivity contribution is 0.0951. The Morgan fingerprint density at radius 3 is 2.88 bits per heavy atom. The lowest BCUT2D eigenvalue weighted by Gasteiger charge is -2.07. The Hall–Kier alpha value is -2.91. The summed E-state index contributed by atoms with van der Waals surface area (Å²) < 4.78 is 32.3. The van der Waals surface area contributed by atoms with Gasteiger partial charge in [0.1, 0.15) is 22.6 Å². The molecule has 1 saturated carbocycles. The predicted octanol–water partition coefficient (Wildman–Crippen LogP) is 2.17. The van der Waals surface area contributed by atoms with Crippen LogP contribution < -0.4 is 5.32 Å². The van der Waals surface area contributed by atoms with Crippen molar-refractivity contribution in [1.82, 2.24) is 30.2 Å². The van der Waals surface area contributed by atoms with Gasteiger partial charge in [-0.25, -0.2) is 22.9 Å². The van der Waals surface area contributed by atoms with Gasteiger partial charge in [0.25, 0.3) is 12.3 Å². The summed E-state index contributed by atoms with van der Waals surface area (Å²) in [6.07, 6.45) is 0.372. The molecule has 130 valence electrons. The van der Waals surface area contributed by atoms with Crippen molar-refractivity contribution in [2.75, 3.05) is 0 Å². The zero-order chi connectivity index (χ0) is 17.6. The minimum absolute atomic E-state index is 0.107. The predicted molar refractivity (Wildman–Crippen MR) is 80.1 cm³/mol. The Kier molecular flexibility index (Phi) is 3.66. The summed E-state index contributed by atoms with van der Waals surface area (Å²) in [5.41, 5.74) is 1.64. The van der Waals surface area contributed by atoms with E-state index in [4.69, 9.17) is 0 Å². The SMILES string of the molecule is Cc1nonc1CNC(=O)c1cnn2c(C(F)F)cc(C3CC3)nc12. The summed E-state index contributed by atoms with van der Waals surface area (Å²) in [7, 11) is 0. The van der Waals surface area contributed by atoms with Crippen LogP contribution in [0, 0.1) is 6.92 Å². The van der Waals surface area contributed by atoms with E-state index in [1.807, 2.05) is 0 Å². The molecule has 0 atom stereocenters. The van der Waals surface area contributed by atoms with Crippen LogP contribution in [0.4, 0.5) is 8.78 Å². The van der Waals surface area contributed by atoms with Crippen molar-refractivity contribution < 1.29 is 18.2 Å². The lowest BCUT2D eigenvalue weighted by atomic mass is 10.2. The number of hydrogen-bond donors (Lipinski definition) is 1. The maximum absolute atomic E-state index is 13.3. The zero-order valence-electron chi connectivity index (χ0n) is 13.2. The molecule has 0 unspecified atom stereocenters. The minimum Gasteiger partial charge on any atom is -0.346 e. The van der Waals surface area contributed by atoms with Crippen molar-refractivity contribution in [3.63, 3.8) is 0 Å². The second-order valence-electron chi connectivity index (χ2n) is 5.95. The number of hydrogen-bond acceptors (Lipinski definition) is 6. The first-order valence-electron chi connectivity index (χ1n) is 7.77. The Morgan fingerprint density at radius 1 is 1.44 bits per heavy atom. The number of nitrogens with zero attached hydrogens (tertiary/aromatic N) is 5. The molecule has 1 fully saturated rings. The van der Waals surface area contributed by atoms with Crippen LogP contribution in [0.3, 0.4) is 0 Å². The van der Waals surface area contributed by atoms with Gasteiger partial charge < -0.3 is 5.32 Å². The third kappa shape index (κ3) is 2.83. The van der Waals surface area contributed by atoms with Crippen LogP contribution >= 0.6 is 0 Å². The fourth-order valence-electron chi connectivity index (χ4n) is 2.58. The highest BCUT2D eigenvalue weighted by Gasteiger charge is 2.29. The van der Waals surface area contributed by atoms with Gasteiger partial charge in [0, 0.05) is 11.6 Å². The largest absolute Gasteiger partial charge is 0.346 e. The van der Waals surface area contributed by atoms with Gasteiger partial charge in [-0.3, -0.25) is 4.79 Å². The summed E-state index contributed by atoms with van der Waals surface area (Å²) >= 11 is 0. The van der Waals surface area contributed by atoms with Crippen LogP contribution in [-0.2, 0) is 6.54 Å². The molecule has 0 saturated heterocycles. The van der Waals surface area contributed by atoms with Crippen LogP contribution in [0.1, 0.15) is 58.3 Å². The van der Waals surface area contributed by atoms with Gasteiger partial charge in [-0.05, 0) is 25.8 Å². The van der Waals surface area contributed by atoms with Crippen molar-refractivity contribution in [1.29, 1.82) is 0 Å². The molecule has 1 N–H and O–H groups in total. The van der Waals surface area contributed by atoms with E-state index in [2.05, 4.69) is 30.3 Å². The summed E-state index contributed by atoms with van der Waals surface area (Å²) in [6.45, 7) is 1.81. The fourth-order valence-corrected chi connectivity index (χ4v) is 2.58. The Labute approximate surface area is 140 Å². The summed E-state index contributed by atoms with van der Waals surface area (Å²) in [5.74, 6) is -0.296. The highest BCUT2D eigenvalue weighted by atomic mass is 19.3. The van der Waals surface area contributed by atoms with E-state index in [9.17, 15) is 13.6 Å². The molecule has 0 aromatic carbocycles. The van der Waals surface area contributed by atoms with Crippen molar-refractivity contribution >= 4 is 11.6 Å². The fraction of sp³-hybridized carbons (Fsp3) is 0.400. The summed E-state index contributed by atoms with van der Waals surface area (Å²) in [5, 5.41) is 13.9. The molecule has 25 heavy (non-hydrogen) atoms. The number of carbonyl (C=O) groups is 1. The number of rotatable bonds is 5. The Morgan fingerprint density at radius 2 is 2.24 bits per heavy atom.